The Bertz CT molecular complexity index is 1260. The lowest BCUT2D eigenvalue weighted by Crippen LogP contribution is -2.35. The number of ether oxygens (including phenoxy) is 1. The summed E-state index contributed by atoms with van der Waals surface area (Å²) in [7, 11) is 1.63. The average molecular weight is 425 g/mol. The third-order valence-electron chi connectivity index (χ3n) is 5.96. The molecule has 6 heteroatoms. The maximum absolute atomic E-state index is 13.5. The van der Waals surface area contributed by atoms with Crippen molar-refractivity contribution in [1.29, 1.82) is 0 Å². The number of hydrogen-bond donors (Lipinski definition) is 2. The van der Waals surface area contributed by atoms with Gasteiger partial charge in [-0.15, -0.1) is 0 Å². The molecule has 0 spiro atoms. The summed E-state index contributed by atoms with van der Waals surface area (Å²) in [6.45, 7) is 1.02. The van der Waals surface area contributed by atoms with Crippen LogP contribution in [0.5, 0.6) is 5.75 Å². The minimum Gasteiger partial charge on any atom is -0.497 e. The first kappa shape index (κ1) is 20.2. The molecule has 2 heterocycles. The zero-order valence-electron chi connectivity index (χ0n) is 17.8. The van der Waals surface area contributed by atoms with Gasteiger partial charge >= 0.3 is 0 Å². The SMILES string of the molecule is COc1ccc(-n2cnc3c2C(=O)C(c2ccc(-c4ccccc4CN)cc2)NC3)cc1. The van der Waals surface area contributed by atoms with Crippen LogP contribution in [-0.2, 0) is 13.1 Å². The fourth-order valence-electron chi connectivity index (χ4n) is 4.25. The van der Waals surface area contributed by atoms with Crippen LogP contribution in [0.1, 0.15) is 33.4 Å². The van der Waals surface area contributed by atoms with Gasteiger partial charge in [0.25, 0.3) is 0 Å². The number of rotatable bonds is 5. The topological polar surface area (TPSA) is 82.2 Å². The van der Waals surface area contributed by atoms with Crippen LogP contribution in [-0.4, -0.2) is 22.4 Å². The Morgan fingerprint density at radius 2 is 1.81 bits per heavy atom. The molecule has 6 nitrogen and oxygen atoms in total. The van der Waals surface area contributed by atoms with Crippen molar-refractivity contribution < 1.29 is 9.53 Å². The number of fused-ring (bicyclic) bond motifs is 1. The Kier molecular flexibility index (Phi) is 5.31. The van der Waals surface area contributed by atoms with Crippen molar-refractivity contribution >= 4 is 5.78 Å². The molecule has 4 aromatic rings. The number of carbonyl (C=O) groups is 1. The van der Waals surface area contributed by atoms with Gasteiger partial charge < -0.3 is 10.5 Å². The first-order valence-electron chi connectivity index (χ1n) is 10.6. The Labute approximate surface area is 186 Å². The molecule has 1 aliphatic heterocycles. The zero-order valence-corrected chi connectivity index (χ0v) is 17.8. The fraction of sp³-hybridized carbons (Fsp3) is 0.154. The first-order chi connectivity index (χ1) is 15.7. The lowest BCUT2D eigenvalue weighted by Gasteiger charge is -2.24. The van der Waals surface area contributed by atoms with Gasteiger partial charge in [-0.05, 0) is 46.5 Å². The summed E-state index contributed by atoms with van der Waals surface area (Å²) >= 11 is 0. The van der Waals surface area contributed by atoms with Crippen molar-refractivity contribution in [2.75, 3.05) is 7.11 Å². The molecular weight excluding hydrogens is 400 g/mol. The predicted octanol–water partition coefficient (Wildman–Crippen LogP) is 4.03. The van der Waals surface area contributed by atoms with E-state index >= 15 is 0 Å². The van der Waals surface area contributed by atoms with Crippen LogP contribution in [0, 0.1) is 0 Å². The van der Waals surface area contributed by atoms with Crippen LogP contribution >= 0.6 is 0 Å². The quantitative estimate of drug-likeness (QED) is 0.505. The molecule has 0 aliphatic carbocycles. The zero-order chi connectivity index (χ0) is 22.1. The molecule has 0 amide bonds. The highest BCUT2D eigenvalue weighted by molar-refractivity contribution is 6.01. The molecule has 32 heavy (non-hydrogen) atoms. The number of carbonyl (C=O) groups excluding carboxylic acids is 1. The molecule has 3 N–H and O–H groups in total. The summed E-state index contributed by atoms with van der Waals surface area (Å²) in [5.41, 5.74) is 12.4. The number of Topliss-reactive ketones (excluding diaryl/α,β-unsaturated/α-hetero) is 1. The normalized spacial score (nSPS) is 15.4. The first-order valence-corrected chi connectivity index (χ1v) is 10.6. The number of aromatic nitrogens is 2. The molecule has 3 aromatic carbocycles. The van der Waals surface area contributed by atoms with Gasteiger partial charge in [0.2, 0.25) is 5.78 Å². The lowest BCUT2D eigenvalue weighted by molar-refractivity contribution is 0.0922. The minimum atomic E-state index is -0.421. The number of nitrogens with two attached hydrogens (primary N) is 1. The fourth-order valence-corrected chi connectivity index (χ4v) is 4.25. The van der Waals surface area contributed by atoms with Gasteiger partial charge in [0.15, 0.2) is 0 Å². The van der Waals surface area contributed by atoms with Gasteiger partial charge in [0.05, 0.1) is 18.8 Å². The minimum absolute atomic E-state index is 0.00896. The summed E-state index contributed by atoms with van der Waals surface area (Å²) < 4.78 is 7.10. The van der Waals surface area contributed by atoms with Gasteiger partial charge in [-0.2, -0.15) is 0 Å². The number of hydrogen-bond acceptors (Lipinski definition) is 5. The van der Waals surface area contributed by atoms with E-state index < -0.39 is 6.04 Å². The third-order valence-corrected chi connectivity index (χ3v) is 5.96. The van der Waals surface area contributed by atoms with Crippen LogP contribution in [0.2, 0.25) is 0 Å². The van der Waals surface area contributed by atoms with Crippen molar-refractivity contribution in [2.45, 2.75) is 19.1 Å². The molecule has 160 valence electrons. The van der Waals surface area contributed by atoms with Crippen molar-refractivity contribution in [2.24, 2.45) is 5.73 Å². The summed E-state index contributed by atoms with van der Waals surface area (Å²) in [4.78, 5) is 17.9. The van der Waals surface area contributed by atoms with Crippen LogP contribution in [0.3, 0.4) is 0 Å². The molecular formula is C26H24N4O2. The molecule has 0 saturated heterocycles. The van der Waals surface area contributed by atoms with Crippen molar-refractivity contribution in [1.82, 2.24) is 14.9 Å². The van der Waals surface area contributed by atoms with Crippen molar-refractivity contribution in [3.63, 3.8) is 0 Å². The van der Waals surface area contributed by atoms with Gasteiger partial charge in [0, 0.05) is 18.8 Å². The van der Waals surface area contributed by atoms with E-state index in [0.717, 1.165) is 39.4 Å². The monoisotopic (exact) mass is 424 g/mol. The Morgan fingerprint density at radius 1 is 1.06 bits per heavy atom. The summed E-state index contributed by atoms with van der Waals surface area (Å²) in [6.07, 6.45) is 1.71. The smallest absolute Gasteiger partial charge is 0.202 e. The van der Waals surface area contributed by atoms with Crippen LogP contribution < -0.4 is 15.8 Å². The second-order valence-corrected chi connectivity index (χ2v) is 7.77. The van der Waals surface area contributed by atoms with E-state index in [1.165, 1.54) is 0 Å². The molecule has 1 atom stereocenters. The maximum atomic E-state index is 13.5. The molecule has 0 bridgehead atoms. The maximum Gasteiger partial charge on any atom is 0.202 e. The van der Waals surface area contributed by atoms with E-state index in [0.29, 0.717) is 18.8 Å². The molecule has 0 fully saturated rings. The van der Waals surface area contributed by atoms with Crippen LogP contribution in [0.25, 0.3) is 16.8 Å². The molecule has 0 saturated carbocycles. The number of ketones is 1. The standard InChI is InChI=1S/C26H24N4O2/c1-32-21-12-10-20(11-13-21)30-16-29-23-15-28-24(26(31)25(23)30)18-8-6-17(7-9-18)22-5-3-2-4-19(22)14-27/h2-13,16,24,28H,14-15,27H2,1H3. The van der Waals surface area contributed by atoms with E-state index in [1.807, 2.05) is 59.2 Å². The van der Waals surface area contributed by atoms with Gasteiger partial charge in [-0.25, -0.2) is 4.98 Å². The molecule has 1 aliphatic rings. The van der Waals surface area contributed by atoms with Crippen molar-refractivity contribution in [3.8, 4) is 22.6 Å². The second kappa shape index (κ2) is 8.42. The van der Waals surface area contributed by atoms with E-state index in [1.54, 1.807) is 13.4 Å². The third kappa shape index (κ3) is 3.49. The Balaban J connectivity index is 1.45. The van der Waals surface area contributed by atoms with Gasteiger partial charge in [0.1, 0.15) is 17.8 Å². The number of nitrogens with one attached hydrogen (secondary N) is 1. The second-order valence-electron chi connectivity index (χ2n) is 7.77. The number of benzene rings is 3. The van der Waals surface area contributed by atoms with Crippen LogP contribution in [0.15, 0.2) is 79.1 Å². The largest absolute Gasteiger partial charge is 0.497 e. The summed E-state index contributed by atoms with van der Waals surface area (Å²) in [5, 5.41) is 3.34. The van der Waals surface area contributed by atoms with E-state index in [9.17, 15) is 4.79 Å². The number of nitrogens with zero attached hydrogens (tertiary/aromatic N) is 2. The van der Waals surface area contributed by atoms with E-state index in [-0.39, 0.29) is 5.78 Å². The van der Waals surface area contributed by atoms with Gasteiger partial charge in [-0.1, -0.05) is 48.5 Å². The highest BCUT2D eigenvalue weighted by Crippen LogP contribution is 2.30. The summed E-state index contributed by atoms with van der Waals surface area (Å²) in [5.74, 6) is 0.777. The highest BCUT2D eigenvalue weighted by atomic mass is 16.5. The van der Waals surface area contributed by atoms with E-state index in [4.69, 9.17) is 10.5 Å². The molecule has 1 aromatic heterocycles. The van der Waals surface area contributed by atoms with Crippen LogP contribution in [0.4, 0.5) is 0 Å². The number of methoxy groups -OCH3 is 1. The highest BCUT2D eigenvalue weighted by Gasteiger charge is 2.32. The molecule has 1 unspecified atom stereocenters. The van der Waals surface area contributed by atoms with Crippen molar-refractivity contribution in [3.05, 3.63) is 102 Å². The Hall–Kier alpha value is -3.74. The lowest BCUT2D eigenvalue weighted by atomic mass is 9.93. The predicted molar refractivity (Wildman–Crippen MR) is 124 cm³/mol. The van der Waals surface area contributed by atoms with Gasteiger partial charge in [-0.3, -0.25) is 14.7 Å². The summed E-state index contributed by atoms with van der Waals surface area (Å²) in [6, 6.07) is 23.4. The molecule has 5 rings (SSSR count). The van der Waals surface area contributed by atoms with E-state index in [2.05, 4.69) is 28.5 Å². The number of imidazole rings is 1. The Morgan fingerprint density at radius 3 is 2.53 bits per heavy atom. The average Bonchev–Trinajstić information content (AvgIpc) is 3.29. The molecule has 0 radical (unpaired) electrons.